The molecule has 2 heterocycles. The molecule has 2 aromatic heterocycles. The monoisotopic (exact) mass is 360 g/mol. The first-order valence-electron chi connectivity index (χ1n) is 8.88. The number of hydrogen-bond donors (Lipinski definition) is 0. The van der Waals surface area contributed by atoms with Crippen LogP contribution in [0.15, 0.2) is 18.5 Å². The minimum absolute atomic E-state index is 0.250. The molecule has 0 bridgehead atoms. The van der Waals surface area contributed by atoms with Gasteiger partial charge in [-0.15, -0.1) is 0 Å². The van der Waals surface area contributed by atoms with Gasteiger partial charge in [0.1, 0.15) is 23.8 Å². The van der Waals surface area contributed by atoms with E-state index >= 15 is 0 Å². The van der Waals surface area contributed by atoms with E-state index in [2.05, 4.69) is 15.1 Å². The lowest BCUT2D eigenvalue weighted by Gasteiger charge is -2.23. The molecule has 7 heteroatoms. The molecular formula is C19H19F3N4. The largest absolute Gasteiger partial charge is 0.252 e. The van der Waals surface area contributed by atoms with Gasteiger partial charge in [-0.2, -0.15) is 10.1 Å². The molecule has 0 amide bonds. The maximum Gasteiger partial charge on any atom is 0.252 e. The minimum atomic E-state index is -0.940. The highest BCUT2D eigenvalue weighted by Gasteiger charge is 2.25. The zero-order chi connectivity index (χ0) is 18.3. The number of halogens is 3. The van der Waals surface area contributed by atoms with Gasteiger partial charge in [-0.1, -0.05) is 32.1 Å². The first kappa shape index (κ1) is 17.0. The third-order valence-electron chi connectivity index (χ3n) is 5.17. The summed E-state index contributed by atoms with van der Waals surface area (Å²) in [6.45, 7) is 1.69. The fraction of sp³-hybridized carbons (Fsp3) is 0.421. The van der Waals surface area contributed by atoms with E-state index in [1.165, 1.54) is 12.7 Å². The van der Waals surface area contributed by atoms with E-state index in [-0.39, 0.29) is 5.56 Å². The summed E-state index contributed by atoms with van der Waals surface area (Å²) < 4.78 is 43.9. The lowest BCUT2D eigenvalue weighted by molar-refractivity contribution is 0.352. The Labute approximate surface area is 149 Å². The quantitative estimate of drug-likeness (QED) is 0.683. The van der Waals surface area contributed by atoms with Crippen LogP contribution in [0.25, 0.3) is 16.9 Å². The molecule has 0 radical (unpaired) electrons. The molecular weight excluding hydrogens is 341 g/mol. The lowest BCUT2D eigenvalue weighted by Crippen LogP contribution is -2.15. The van der Waals surface area contributed by atoms with E-state index in [1.54, 1.807) is 11.4 Å². The van der Waals surface area contributed by atoms with Crippen molar-refractivity contribution in [1.29, 1.82) is 0 Å². The third-order valence-corrected chi connectivity index (χ3v) is 5.17. The van der Waals surface area contributed by atoms with E-state index in [0.29, 0.717) is 47.2 Å². The molecule has 0 N–H and O–H groups in total. The molecule has 1 aromatic carbocycles. The number of benzene rings is 1. The van der Waals surface area contributed by atoms with Crippen molar-refractivity contribution in [2.75, 3.05) is 0 Å². The standard InChI is InChI=1S/C19H19F3N4/c1-11-17(18-14(21)8-13(20)9-15(18)22)16(7-12-5-3-2-4-6-12)26-19(25-11)23-10-24-26/h8-10,12H,2-7H2,1H3. The molecule has 26 heavy (non-hydrogen) atoms. The lowest BCUT2D eigenvalue weighted by atomic mass is 9.84. The van der Waals surface area contributed by atoms with Crippen LogP contribution in [0.5, 0.6) is 0 Å². The number of rotatable bonds is 3. The highest BCUT2D eigenvalue weighted by Crippen LogP contribution is 2.35. The summed E-state index contributed by atoms with van der Waals surface area (Å²) in [6, 6.07) is 1.40. The molecule has 0 unspecified atom stereocenters. The van der Waals surface area contributed by atoms with Gasteiger partial charge in [0.2, 0.25) is 0 Å². The molecule has 4 nitrogen and oxygen atoms in total. The molecule has 1 aliphatic carbocycles. The van der Waals surface area contributed by atoms with Crippen LogP contribution in [0, 0.1) is 30.3 Å². The molecule has 1 saturated carbocycles. The average Bonchev–Trinajstić information content (AvgIpc) is 3.05. The summed E-state index contributed by atoms with van der Waals surface area (Å²) in [4.78, 5) is 8.45. The van der Waals surface area contributed by atoms with Crippen LogP contribution in [-0.4, -0.2) is 19.6 Å². The number of hydrogen-bond acceptors (Lipinski definition) is 3. The maximum atomic E-state index is 14.5. The van der Waals surface area contributed by atoms with Gasteiger partial charge in [-0.05, 0) is 19.3 Å². The summed E-state index contributed by atoms with van der Waals surface area (Å²) >= 11 is 0. The minimum Gasteiger partial charge on any atom is -0.216 e. The van der Waals surface area contributed by atoms with Crippen LogP contribution in [0.1, 0.15) is 43.5 Å². The fourth-order valence-electron chi connectivity index (χ4n) is 3.98. The van der Waals surface area contributed by atoms with Crippen LogP contribution in [0.2, 0.25) is 0 Å². The van der Waals surface area contributed by atoms with Gasteiger partial charge >= 0.3 is 0 Å². The molecule has 0 atom stereocenters. The van der Waals surface area contributed by atoms with Gasteiger partial charge in [0, 0.05) is 17.7 Å². The molecule has 0 saturated heterocycles. The van der Waals surface area contributed by atoms with Crippen molar-refractivity contribution in [3.8, 4) is 11.1 Å². The predicted octanol–water partition coefficient (Wildman–Crippen LogP) is 4.64. The van der Waals surface area contributed by atoms with Crippen molar-refractivity contribution in [3.63, 3.8) is 0 Å². The molecule has 3 aromatic rings. The van der Waals surface area contributed by atoms with Gasteiger partial charge in [0.25, 0.3) is 5.78 Å². The second-order valence-corrected chi connectivity index (χ2v) is 6.94. The second kappa shape index (κ2) is 6.70. The molecule has 0 aliphatic heterocycles. The number of aromatic nitrogens is 4. The van der Waals surface area contributed by atoms with Crippen LogP contribution in [0.4, 0.5) is 13.2 Å². The predicted molar refractivity (Wildman–Crippen MR) is 91.1 cm³/mol. The number of aryl methyl sites for hydroxylation is 1. The normalized spacial score (nSPS) is 15.7. The van der Waals surface area contributed by atoms with Crippen LogP contribution >= 0.6 is 0 Å². The summed E-state index contributed by atoms with van der Waals surface area (Å²) in [5.74, 6) is -1.98. The summed E-state index contributed by atoms with van der Waals surface area (Å²) in [7, 11) is 0. The Kier molecular flexibility index (Phi) is 4.38. The smallest absolute Gasteiger partial charge is 0.216 e. The van der Waals surface area contributed by atoms with E-state index in [0.717, 1.165) is 25.7 Å². The van der Waals surface area contributed by atoms with Gasteiger partial charge in [0.05, 0.1) is 17.0 Å². The SMILES string of the molecule is Cc1nc2ncnn2c(CC2CCCCC2)c1-c1c(F)cc(F)cc1F. The van der Waals surface area contributed by atoms with Crippen LogP contribution in [0.3, 0.4) is 0 Å². The fourth-order valence-corrected chi connectivity index (χ4v) is 3.98. The Bertz CT molecular complexity index is 938. The Hall–Kier alpha value is -2.44. The second-order valence-electron chi connectivity index (χ2n) is 6.94. The average molecular weight is 360 g/mol. The highest BCUT2D eigenvalue weighted by atomic mass is 19.1. The Morgan fingerprint density at radius 2 is 1.73 bits per heavy atom. The molecule has 1 aliphatic rings. The van der Waals surface area contributed by atoms with Crippen LogP contribution < -0.4 is 0 Å². The molecule has 0 spiro atoms. The van der Waals surface area contributed by atoms with E-state index in [4.69, 9.17) is 0 Å². The van der Waals surface area contributed by atoms with E-state index in [9.17, 15) is 13.2 Å². The Balaban J connectivity index is 1.93. The van der Waals surface area contributed by atoms with E-state index in [1.807, 2.05) is 0 Å². The molecule has 136 valence electrons. The van der Waals surface area contributed by atoms with Crippen molar-refractivity contribution < 1.29 is 13.2 Å². The summed E-state index contributed by atoms with van der Waals surface area (Å²) in [5, 5.41) is 4.21. The van der Waals surface area contributed by atoms with Gasteiger partial charge in [-0.25, -0.2) is 22.7 Å². The van der Waals surface area contributed by atoms with E-state index < -0.39 is 17.5 Å². The van der Waals surface area contributed by atoms with Gasteiger partial charge in [-0.3, -0.25) is 0 Å². The van der Waals surface area contributed by atoms with Crippen molar-refractivity contribution in [2.45, 2.75) is 45.4 Å². The highest BCUT2D eigenvalue weighted by molar-refractivity contribution is 5.71. The topological polar surface area (TPSA) is 43.1 Å². The zero-order valence-electron chi connectivity index (χ0n) is 14.5. The summed E-state index contributed by atoms with van der Waals surface area (Å²) in [5.41, 5.74) is 1.24. The maximum absolute atomic E-state index is 14.5. The Morgan fingerprint density at radius 1 is 1.04 bits per heavy atom. The molecule has 4 rings (SSSR count). The van der Waals surface area contributed by atoms with Crippen molar-refractivity contribution >= 4 is 5.78 Å². The van der Waals surface area contributed by atoms with Gasteiger partial charge in [0.15, 0.2) is 0 Å². The van der Waals surface area contributed by atoms with Crippen LogP contribution in [-0.2, 0) is 6.42 Å². The Morgan fingerprint density at radius 3 is 2.42 bits per heavy atom. The molecule has 1 fully saturated rings. The van der Waals surface area contributed by atoms with Crippen molar-refractivity contribution in [3.05, 3.63) is 47.3 Å². The zero-order valence-corrected chi connectivity index (χ0v) is 14.5. The summed E-state index contributed by atoms with van der Waals surface area (Å²) in [6.07, 6.45) is 7.70. The first-order valence-corrected chi connectivity index (χ1v) is 8.88. The first-order chi connectivity index (χ1) is 12.5. The third kappa shape index (κ3) is 2.95. The van der Waals surface area contributed by atoms with Gasteiger partial charge < -0.3 is 0 Å². The number of fused-ring (bicyclic) bond motifs is 1. The van der Waals surface area contributed by atoms with Crippen molar-refractivity contribution in [2.24, 2.45) is 5.92 Å². The van der Waals surface area contributed by atoms with Crippen molar-refractivity contribution in [1.82, 2.24) is 19.6 Å². The number of nitrogens with zero attached hydrogens (tertiary/aromatic N) is 4.